The molecular formula is C15H19ClO3. The molecule has 0 radical (unpaired) electrons. The maximum absolute atomic E-state index is 12.0. The zero-order valence-electron chi connectivity index (χ0n) is 11.3. The summed E-state index contributed by atoms with van der Waals surface area (Å²) in [6.45, 7) is 3.63. The third-order valence-corrected chi connectivity index (χ3v) is 3.91. The van der Waals surface area contributed by atoms with Gasteiger partial charge in [0.15, 0.2) is 0 Å². The number of ketones is 1. The molecule has 0 aromatic heterocycles. The first-order valence-electron chi connectivity index (χ1n) is 6.43. The molecule has 0 bridgehead atoms. The van der Waals surface area contributed by atoms with E-state index in [9.17, 15) is 14.7 Å². The van der Waals surface area contributed by atoms with Crippen LogP contribution in [0.5, 0.6) is 0 Å². The van der Waals surface area contributed by atoms with Crippen LogP contribution >= 0.6 is 11.6 Å². The number of carbonyl (C=O) groups excluding carboxylic acids is 1. The van der Waals surface area contributed by atoms with Crippen molar-refractivity contribution in [2.75, 3.05) is 0 Å². The van der Waals surface area contributed by atoms with Gasteiger partial charge in [0, 0.05) is 17.9 Å². The van der Waals surface area contributed by atoms with Gasteiger partial charge in [0.05, 0.1) is 5.41 Å². The largest absolute Gasteiger partial charge is 0.481 e. The summed E-state index contributed by atoms with van der Waals surface area (Å²) >= 11 is 5.78. The monoisotopic (exact) mass is 282 g/mol. The normalized spacial score (nSPS) is 11.3. The van der Waals surface area contributed by atoms with Gasteiger partial charge in [-0.05, 0) is 30.5 Å². The molecule has 0 aliphatic carbocycles. The van der Waals surface area contributed by atoms with Crippen molar-refractivity contribution in [1.82, 2.24) is 0 Å². The van der Waals surface area contributed by atoms with E-state index in [1.807, 2.05) is 13.8 Å². The molecular weight excluding hydrogens is 264 g/mol. The molecule has 0 aliphatic heterocycles. The minimum Gasteiger partial charge on any atom is -0.481 e. The summed E-state index contributed by atoms with van der Waals surface area (Å²) in [6.07, 6.45) is 1.26. The van der Waals surface area contributed by atoms with Crippen molar-refractivity contribution in [3.05, 3.63) is 34.9 Å². The van der Waals surface area contributed by atoms with Crippen molar-refractivity contribution in [3.63, 3.8) is 0 Å². The number of benzene rings is 1. The van der Waals surface area contributed by atoms with Gasteiger partial charge in [-0.3, -0.25) is 9.59 Å². The van der Waals surface area contributed by atoms with Crippen LogP contribution in [-0.4, -0.2) is 16.9 Å². The Morgan fingerprint density at radius 3 is 2.11 bits per heavy atom. The van der Waals surface area contributed by atoms with E-state index in [-0.39, 0.29) is 18.6 Å². The van der Waals surface area contributed by atoms with Crippen molar-refractivity contribution in [2.24, 2.45) is 5.41 Å². The lowest BCUT2D eigenvalue weighted by molar-refractivity contribution is -0.152. The van der Waals surface area contributed by atoms with Crippen molar-refractivity contribution < 1.29 is 14.7 Å². The van der Waals surface area contributed by atoms with E-state index in [0.29, 0.717) is 17.9 Å². The number of halogens is 1. The van der Waals surface area contributed by atoms with Crippen LogP contribution in [0.3, 0.4) is 0 Å². The predicted molar refractivity (Wildman–Crippen MR) is 75.4 cm³/mol. The number of hydrogen-bond acceptors (Lipinski definition) is 2. The van der Waals surface area contributed by atoms with Crippen LogP contribution in [0.2, 0.25) is 5.02 Å². The smallest absolute Gasteiger partial charge is 0.310 e. The first-order valence-corrected chi connectivity index (χ1v) is 6.81. The van der Waals surface area contributed by atoms with E-state index < -0.39 is 11.4 Å². The fraction of sp³-hybridized carbons (Fsp3) is 0.467. The van der Waals surface area contributed by atoms with Crippen LogP contribution in [0.1, 0.15) is 38.7 Å². The first kappa shape index (κ1) is 15.7. The molecule has 1 N–H and O–H groups in total. The van der Waals surface area contributed by atoms with Crippen molar-refractivity contribution in [2.45, 2.75) is 39.5 Å². The lowest BCUT2D eigenvalue weighted by Gasteiger charge is -2.25. The van der Waals surface area contributed by atoms with Gasteiger partial charge in [-0.15, -0.1) is 0 Å². The fourth-order valence-corrected chi connectivity index (χ4v) is 2.27. The molecule has 0 aliphatic rings. The second-order valence-corrected chi connectivity index (χ2v) is 5.25. The van der Waals surface area contributed by atoms with Crippen LogP contribution in [-0.2, 0) is 16.0 Å². The predicted octanol–water partition coefficient (Wildman–Crippen LogP) is 3.73. The van der Waals surface area contributed by atoms with E-state index >= 15 is 0 Å². The molecule has 0 amide bonds. The zero-order valence-corrected chi connectivity index (χ0v) is 12.0. The Bertz CT molecular complexity index is 447. The van der Waals surface area contributed by atoms with E-state index in [4.69, 9.17) is 11.6 Å². The Balaban J connectivity index is 2.73. The number of carboxylic acids is 1. The molecule has 0 fully saturated rings. The van der Waals surface area contributed by atoms with E-state index in [1.54, 1.807) is 24.3 Å². The molecule has 3 nitrogen and oxygen atoms in total. The molecule has 0 saturated heterocycles. The molecule has 0 heterocycles. The molecule has 0 spiro atoms. The van der Waals surface area contributed by atoms with E-state index in [2.05, 4.69) is 0 Å². The second-order valence-electron chi connectivity index (χ2n) is 4.81. The summed E-state index contributed by atoms with van der Waals surface area (Å²) < 4.78 is 0. The summed E-state index contributed by atoms with van der Waals surface area (Å²) in [5.74, 6) is -0.935. The van der Waals surface area contributed by atoms with Gasteiger partial charge in [0.1, 0.15) is 5.78 Å². The molecule has 1 rings (SSSR count). The molecule has 104 valence electrons. The van der Waals surface area contributed by atoms with Gasteiger partial charge in [0.2, 0.25) is 0 Å². The average molecular weight is 283 g/mol. The highest BCUT2D eigenvalue weighted by Gasteiger charge is 2.36. The van der Waals surface area contributed by atoms with Gasteiger partial charge in [-0.1, -0.05) is 37.6 Å². The third kappa shape index (κ3) is 4.06. The topological polar surface area (TPSA) is 54.4 Å². The summed E-state index contributed by atoms with van der Waals surface area (Å²) in [6, 6.07) is 7.05. The summed E-state index contributed by atoms with van der Waals surface area (Å²) in [7, 11) is 0. The Hall–Kier alpha value is -1.35. The van der Waals surface area contributed by atoms with Gasteiger partial charge < -0.3 is 5.11 Å². The fourth-order valence-electron chi connectivity index (χ4n) is 2.15. The molecule has 1 aromatic rings. The number of carboxylic acid groups (broad SMARTS) is 1. The molecule has 0 atom stereocenters. The van der Waals surface area contributed by atoms with E-state index in [0.717, 1.165) is 5.56 Å². The van der Waals surface area contributed by atoms with Crippen molar-refractivity contribution in [3.8, 4) is 0 Å². The highest BCUT2D eigenvalue weighted by molar-refractivity contribution is 6.30. The van der Waals surface area contributed by atoms with Crippen LogP contribution < -0.4 is 0 Å². The number of aliphatic carboxylic acids is 1. The van der Waals surface area contributed by atoms with Gasteiger partial charge in [-0.25, -0.2) is 0 Å². The summed E-state index contributed by atoms with van der Waals surface area (Å²) in [5.41, 5.74) is -0.0651. The van der Waals surface area contributed by atoms with E-state index in [1.165, 1.54) is 0 Å². The molecule has 0 saturated carbocycles. The minimum atomic E-state index is -0.927. The van der Waals surface area contributed by atoms with Crippen molar-refractivity contribution >= 4 is 23.4 Å². The zero-order chi connectivity index (χ0) is 14.5. The third-order valence-electron chi connectivity index (χ3n) is 3.66. The number of rotatable bonds is 7. The molecule has 0 unspecified atom stereocenters. The van der Waals surface area contributed by atoms with Crippen LogP contribution in [0.4, 0.5) is 0 Å². The number of carbonyl (C=O) groups is 2. The van der Waals surface area contributed by atoms with Crippen LogP contribution in [0.15, 0.2) is 24.3 Å². The molecule has 4 heteroatoms. The average Bonchev–Trinajstić information content (AvgIpc) is 2.38. The highest BCUT2D eigenvalue weighted by atomic mass is 35.5. The maximum atomic E-state index is 12.0. The Labute approximate surface area is 118 Å². The lowest BCUT2D eigenvalue weighted by atomic mass is 9.77. The van der Waals surface area contributed by atoms with Crippen molar-refractivity contribution in [1.29, 1.82) is 0 Å². The van der Waals surface area contributed by atoms with Gasteiger partial charge in [0.25, 0.3) is 0 Å². The molecule has 1 aromatic carbocycles. The van der Waals surface area contributed by atoms with Gasteiger partial charge in [-0.2, -0.15) is 0 Å². The van der Waals surface area contributed by atoms with Crippen LogP contribution in [0, 0.1) is 5.41 Å². The Kier molecular flexibility index (Phi) is 5.55. The second kappa shape index (κ2) is 6.71. The standard InChI is InChI=1S/C15H19ClO3/c1-3-15(4-2,14(18)19)10-13(17)9-11-5-7-12(16)8-6-11/h5-8H,3-4,9-10H2,1-2H3,(H,18,19). The quantitative estimate of drug-likeness (QED) is 0.829. The minimum absolute atomic E-state index is 0.0478. The Morgan fingerprint density at radius 1 is 1.16 bits per heavy atom. The number of Topliss-reactive ketones (excluding diaryl/α,β-unsaturated/α-hetero) is 1. The first-order chi connectivity index (χ1) is 8.93. The van der Waals surface area contributed by atoms with Gasteiger partial charge >= 0.3 is 5.97 Å². The Morgan fingerprint density at radius 2 is 1.68 bits per heavy atom. The SMILES string of the molecule is CCC(CC)(CC(=O)Cc1ccc(Cl)cc1)C(=O)O. The number of hydrogen-bond donors (Lipinski definition) is 1. The van der Waals surface area contributed by atoms with Crippen LogP contribution in [0.25, 0.3) is 0 Å². The molecule has 19 heavy (non-hydrogen) atoms. The summed E-state index contributed by atoms with van der Waals surface area (Å²) in [5, 5.41) is 9.93. The lowest BCUT2D eigenvalue weighted by Crippen LogP contribution is -2.32. The highest BCUT2D eigenvalue weighted by Crippen LogP contribution is 2.31. The summed E-state index contributed by atoms with van der Waals surface area (Å²) in [4.78, 5) is 23.4. The maximum Gasteiger partial charge on any atom is 0.310 e.